The molecule has 0 radical (unpaired) electrons. The molecular weight excluding hydrogens is 544 g/mol. The fraction of sp³-hybridized carbons (Fsp3) is 0.400. The van der Waals surface area contributed by atoms with E-state index in [4.69, 9.17) is 18.9 Å². The van der Waals surface area contributed by atoms with Crippen LogP contribution in [-0.4, -0.2) is 73.8 Å². The average molecular weight is 577 g/mol. The molecule has 42 heavy (non-hydrogen) atoms. The first kappa shape index (κ1) is 28.8. The number of carbonyl (C=O) groups excluding carboxylic acids is 4. The van der Waals surface area contributed by atoms with Crippen molar-refractivity contribution in [3.63, 3.8) is 0 Å². The Bertz CT molecular complexity index is 1360. The summed E-state index contributed by atoms with van der Waals surface area (Å²) in [5.74, 6) is -3.85. The van der Waals surface area contributed by atoms with Gasteiger partial charge in [0.15, 0.2) is 11.4 Å². The van der Waals surface area contributed by atoms with Crippen molar-refractivity contribution in [2.45, 2.75) is 39.8 Å². The minimum atomic E-state index is -0.652. The van der Waals surface area contributed by atoms with Crippen LogP contribution >= 0.6 is 0 Å². The minimum absolute atomic E-state index is 0.0815. The predicted octanol–water partition coefficient (Wildman–Crippen LogP) is 3.20. The number of benzene rings is 2. The van der Waals surface area contributed by atoms with Crippen LogP contribution in [0.25, 0.3) is 0 Å². The molecule has 5 rings (SSSR count). The number of nitrogens with zero attached hydrogens (tertiary/aromatic N) is 4. The number of ether oxygens (including phenoxy) is 4. The van der Waals surface area contributed by atoms with Crippen molar-refractivity contribution in [3.05, 3.63) is 59.7 Å². The van der Waals surface area contributed by atoms with Gasteiger partial charge in [-0.2, -0.15) is 10.2 Å². The third-order valence-electron chi connectivity index (χ3n) is 7.57. The average Bonchev–Trinajstić information content (AvgIpc) is 3.50. The zero-order chi connectivity index (χ0) is 30.0. The molecule has 2 aromatic rings. The molecule has 2 aromatic carbocycles. The first-order valence-corrected chi connectivity index (χ1v) is 13.9. The van der Waals surface area contributed by atoms with E-state index in [-0.39, 0.29) is 49.0 Å². The largest absolute Gasteiger partial charge is 0.461 e. The molecule has 0 saturated carbocycles. The highest BCUT2D eigenvalue weighted by Gasteiger charge is 2.44. The molecule has 0 spiro atoms. The number of carbonyl (C=O) groups is 4. The van der Waals surface area contributed by atoms with Gasteiger partial charge in [-0.3, -0.25) is 10.0 Å². The van der Waals surface area contributed by atoms with Crippen LogP contribution in [0, 0.1) is 11.8 Å². The second kappa shape index (κ2) is 12.0. The van der Waals surface area contributed by atoms with Crippen molar-refractivity contribution in [3.8, 4) is 0 Å². The molecule has 4 atom stereocenters. The van der Waals surface area contributed by atoms with Crippen LogP contribution in [0.3, 0.4) is 0 Å². The number of hydrogen-bond acceptors (Lipinski definition) is 12. The maximum atomic E-state index is 13.5. The number of cyclic esters (lactones) is 2. The van der Waals surface area contributed by atoms with Crippen molar-refractivity contribution < 1.29 is 38.1 Å². The van der Waals surface area contributed by atoms with Crippen LogP contribution < -0.4 is 10.0 Å². The lowest BCUT2D eigenvalue weighted by molar-refractivity contribution is -0.136. The monoisotopic (exact) mass is 576 g/mol. The van der Waals surface area contributed by atoms with Gasteiger partial charge in [-0.1, -0.05) is 24.3 Å². The number of hydrogen-bond donors (Lipinski definition) is 0. The third-order valence-corrected chi connectivity index (χ3v) is 7.57. The molecule has 3 aliphatic rings. The van der Waals surface area contributed by atoms with Crippen molar-refractivity contribution in [2.24, 2.45) is 22.0 Å². The van der Waals surface area contributed by atoms with Crippen LogP contribution in [0.1, 0.15) is 48.4 Å². The molecule has 3 heterocycles. The first-order chi connectivity index (χ1) is 20.3. The minimum Gasteiger partial charge on any atom is -0.461 e. The van der Waals surface area contributed by atoms with Gasteiger partial charge in [0, 0.05) is 0 Å². The summed E-state index contributed by atoms with van der Waals surface area (Å²) in [5.41, 5.74) is 1.40. The van der Waals surface area contributed by atoms with E-state index in [1.54, 1.807) is 72.4 Å². The Balaban J connectivity index is 1.61. The van der Waals surface area contributed by atoms with E-state index in [9.17, 15) is 19.2 Å². The molecule has 0 unspecified atom stereocenters. The molecule has 0 saturated heterocycles. The van der Waals surface area contributed by atoms with Gasteiger partial charge >= 0.3 is 23.9 Å². The Morgan fingerprint density at radius 2 is 1.12 bits per heavy atom. The Labute approximate surface area is 242 Å². The fourth-order valence-electron chi connectivity index (χ4n) is 5.32. The Morgan fingerprint density at radius 3 is 1.50 bits per heavy atom. The van der Waals surface area contributed by atoms with E-state index in [1.807, 2.05) is 13.8 Å². The van der Waals surface area contributed by atoms with E-state index in [0.717, 1.165) is 0 Å². The number of para-hydroxylation sites is 2. The number of esters is 4. The van der Waals surface area contributed by atoms with Gasteiger partial charge < -0.3 is 18.9 Å². The number of rotatable bonds is 4. The summed E-state index contributed by atoms with van der Waals surface area (Å²) in [6.07, 6.45) is 0. The number of fused-ring (bicyclic) bond motifs is 8. The summed E-state index contributed by atoms with van der Waals surface area (Å²) in [6.45, 7) is 6.94. The second-order valence-electron chi connectivity index (χ2n) is 10.0. The molecule has 0 aromatic heterocycles. The summed E-state index contributed by atoms with van der Waals surface area (Å²) in [6, 6.07) is 12.5. The van der Waals surface area contributed by atoms with E-state index in [1.165, 1.54) is 0 Å². The lowest BCUT2D eigenvalue weighted by Crippen LogP contribution is -2.38. The molecule has 0 aliphatic carbocycles. The molecule has 3 aliphatic heterocycles. The number of hydrazone groups is 2. The van der Waals surface area contributed by atoms with Crippen molar-refractivity contribution >= 4 is 46.7 Å². The standard InChI is InChI=1S/C30H32N4O8/c1-5-39-29(37)25-21-15-41-27(35)20-12-8-10-14-24(20)34-18(4)22(26(32-34)30(38)40-6-2)16-42-28(36)19-11-7-9-13-23(19)33(31-25)17(21)3/h7-14,17-18,21-22H,5-6,15-16H2,1-4H3/t17-,18+,21-,22+. The SMILES string of the molecule is CCOC(=O)C1=NN2c3ccccc3C(=O)OC[C@H]3C(C(=O)OCC)=NN(c4ccccc4C(=O)OC[C@H]1[C@@H]2C)[C@@H]3C. The van der Waals surface area contributed by atoms with E-state index in [0.29, 0.717) is 11.4 Å². The third kappa shape index (κ3) is 5.19. The summed E-state index contributed by atoms with van der Waals surface area (Å²) in [4.78, 5) is 52.8. The van der Waals surface area contributed by atoms with Crippen LogP contribution in [0.2, 0.25) is 0 Å². The van der Waals surface area contributed by atoms with Crippen LogP contribution in [0.5, 0.6) is 0 Å². The maximum Gasteiger partial charge on any atom is 0.355 e. The van der Waals surface area contributed by atoms with Gasteiger partial charge in [0.2, 0.25) is 0 Å². The second-order valence-corrected chi connectivity index (χ2v) is 10.0. The van der Waals surface area contributed by atoms with E-state index >= 15 is 0 Å². The maximum absolute atomic E-state index is 13.5. The fourth-order valence-corrected chi connectivity index (χ4v) is 5.32. The van der Waals surface area contributed by atoms with Crippen LogP contribution in [0.4, 0.5) is 11.4 Å². The summed E-state index contributed by atoms with van der Waals surface area (Å²) in [7, 11) is 0. The molecule has 0 amide bonds. The molecule has 0 fully saturated rings. The van der Waals surface area contributed by atoms with Gasteiger partial charge in [-0.15, -0.1) is 0 Å². The highest BCUT2D eigenvalue weighted by molar-refractivity contribution is 6.39. The first-order valence-electron chi connectivity index (χ1n) is 13.9. The topological polar surface area (TPSA) is 136 Å². The zero-order valence-electron chi connectivity index (χ0n) is 23.8. The van der Waals surface area contributed by atoms with E-state index < -0.39 is 47.8 Å². The van der Waals surface area contributed by atoms with E-state index in [2.05, 4.69) is 10.2 Å². The highest BCUT2D eigenvalue weighted by atomic mass is 16.5. The Kier molecular flexibility index (Phi) is 8.23. The van der Waals surface area contributed by atoms with Gasteiger partial charge in [0.1, 0.15) is 13.2 Å². The molecule has 12 nitrogen and oxygen atoms in total. The Hall–Kier alpha value is -4.74. The highest BCUT2D eigenvalue weighted by Crippen LogP contribution is 2.35. The normalized spacial score (nSPS) is 23.6. The number of anilines is 2. The molecule has 220 valence electrons. The molecule has 12 heteroatoms. The molecule has 0 N–H and O–H groups in total. The summed E-state index contributed by atoms with van der Waals surface area (Å²) < 4.78 is 22.0. The van der Waals surface area contributed by atoms with Gasteiger partial charge in [-0.25, -0.2) is 19.2 Å². The van der Waals surface area contributed by atoms with Gasteiger partial charge in [0.05, 0.1) is 59.6 Å². The zero-order valence-corrected chi connectivity index (χ0v) is 23.8. The summed E-state index contributed by atoms with van der Waals surface area (Å²) in [5, 5.41) is 12.2. The lowest BCUT2D eigenvalue weighted by atomic mass is 9.96. The smallest absolute Gasteiger partial charge is 0.355 e. The van der Waals surface area contributed by atoms with Gasteiger partial charge in [0.25, 0.3) is 0 Å². The van der Waals surface area contributed by atoms with Gasteiger partial charge in [-0.05, 0) is 52.0 Å². The molecule has 4 bridgehead atoms. The quantitative estimate of drug-likeness (QED) is 0.394. The van der Waals surface area contributed by atoms with Crippen molar-refractivity contribution in [2.75, 3.05) is 36.4 Å². The van der Waals surface area contributed by atoms with Crippen molar-refractivity contribution in [1.29, 1.82) is 0 Å². The summed E-state index contributed by atoms with van der Waals surface area (Å²) >= 11 is 0. The lowest BCUT2D eigenvalue weighted by Gasteiger charge is -2.28. The predicted molar refractivity (Wildman–Crippen MR) is 152 cm³/mol. The van der Waals surface area contributed by atoms with Crippen molar-refractivity contribution in [1.82, 2.24) is 0 Å². The molecular formula is C30H32N4O8. The van der Waals surface area contributed by atoms with Crippen LogP contribution in [0.15, 0.2) is 58.7 Å². The van der Waals surface area contributed by atoms with Crippen LogP contribution in [-0.2, 0) is 28.5 Å². The Morgan fingerprint density at radius 1 is 0.738 bits per heavy atom.